The molecular formula is C10H18N2O4S. The number of nitrogens with one attached hydrogen (secondary N) is 1. The lowest BCUT2D eigenvalue weighted by atomic mass is 10.3. The van der Waals surface area contributed by atoms with Crippen LogP contribution in [0, 0.1) is 0 Å². The highest BCUT2D eigenvalue weighted by atomic mass is 32.2. The zero-order valence-corrected chi connectivity index (χ0v) is 10.7. The summed E-state index contributed by atoms with van der Waals surface area (Å²) in [6, 6.07) is -0.807. The number of amides is 1. The highest BCUT2D eigenvalue weighted by molar-refractivity contribution is 7.98. The molecule has 0 bridgehead atoms. The number of carboxylic acid groups (broad SMARTS) is 1. The van der Waals surface area contributed by atoms with Gasteiger partial charge in [0.05, 0.1) is 19.8 Å². The third kappa shape index (κ3) is 5.38. The van der Waals surface area contributed by atoms with Crippen molar-refractivity contribution in [3.05, 3.63) is 0 Å². The third-order valence-electron chi connectivity index (χ3n) is 2.44. The molecule has 0 radical (unpaired) electrons. The Bertz CT molecular complexity index is 269. The van der Waals surface area contributed by atoms with Gasteiger partial charge in [0.2, 0.25) is 5.91 Å². The molecule has 2 N–H and O–H groups in total. The summed E-state index contributed by atoms with van der Waals surface area (Å²) < 4.78 is 5.17. The third-order valence-corrected chi connectivity index (χ3v) is 3.10. The first kappa shape index (κ1) is 14.3. The van der Waals surface area contributed by atoms with Gasteiger partial charge < -0.3 is 15.2 Å². The van der Waals surface area contributed by atoms with Gasteiger partial charge in [0, 0.05) is 18.8 Å². The largest absolute Gasteiger partial charge is 0.480 e. The monoisotopic (exact) mass is 262 g/mol. The minimum atomic E-state index is -0.991. The summed E-state index contributed by atoms with van der Waals surface area (Å²) >= 11 is 1.40. The molecule has 0 saturated carbocycles. The Balaban J connectivity index is 2.33. The van der Waals surface area contributed by atoms with Crippen LogP contribution in [0.15, 0.2) is 0 Å². The fourth-order valence-corrected chi connectivity index (χ4v) is 2.10. The van der Waals surface area contributed by atoms with E-state index < -0.39 is 12.0 Å². The molecule has 0 spiro atoms. The lowest BCUT2D eigenvalue weighted by molar-refractivity contribution is -0.141. The van der Waals surface area contributed by atoms with Crippen LogP contribution in [-0.4, -0.2) is 72.8 Å². The van der Waals surface area contributed by atoms with E-state index in [1.54, 1.807) is 0 Å². The molecule has 17 heavy (non-hydrogen) atoms. The van der Waals surface area contributed by atoms with Gasteiger partial charge in [-0.15, -0.1) is 0 Å². The molecule has 0 aromatic rings. The molecule has 1 atom stereocenters. The van der Waals surface area contributed by atoms with Gasteiger partial charge >= 0.3 is 5.97 Å². The summed E-state index contributed by atoms with van der Waals surface area (Å²) in [5, 5.41) is 11.4. The summed E-state index contributed by atoms with van der Waals surface area (Å²) in [4.78, 5) is 24.4. The van der Waals surface area contributed by atoms with Crippen molar-refractivity contribution in [3.8, 4) is 0 Å². The highest BCUT2D eigenvalue weighted by Crippen LogP contribution is 1.99. The van der Waals surface area contributed by atoms with Crippen LogP contribution in [0.2, 0.25) is 0 Å². The maximum absolute atomic E-state index is 11.6. The Morgan fingerprint density at radius 2 is 2.12 bits per heavy atom. The fourth-order valence-electron chi connectivity index (χ4n) is 1.54. The molecule has 1 saturated heterocycles. The molecule has 7 heteroatoms. The quantitative estimate of drug-likeness (QED) is 0.656. The van der Waals surface area contributed by atoms with Gasteiger partial charge in [0.15, 0.2) is 0 Å². The second-order valence-electron chi connectivity index (χ2n) is 3.80. The first-order valence-corrected chi connectivity index (χ1v) is 6.84. The zero-order valence-electron chi connectivity index (χ0n) is 9.85. The van der Waals surface area contributed by atoms with Crippen LogP contribution in [0.3, 0.4) is 0 Å². The van der Waals surface area contributed by atoms with Crippen molar-refractivity contribution in [2.45, 2.75) is 6.04 Å². The number of ether oxygens (including phenoxy) is 1. The van der Waals surface area contributed by atoms with Crippen molar-refractivity contribution in [3.63, 3.8) is 0 Å². The van der Waals surface area contributed by atoms with E-state index in [4.69, 9.17) is 9.84 Å². The molecule has 1 fully saturated rings. The number of nitrogens with zero attached hydrogens (tertiary/aromatic N) is 1. The van der Waals surface area contributed by atoms with Gasteiger partial charge in [-0.2, -0.15) is 11.8 Å². The molecule has 98 valence electrons. The number of carbonyl (C=O) groups excluding carboxylic acids is 1. The Morgan fingerprint density at radius 1 is 1.47 bits per heavy atom. The van der Waals surface area contributed by atoms with E-state index in [1.807, 2.05) is 11.2 Å². The number of morpholine rings is 1. The van der Waals surface area contributed by atoms with E-state index in [2.05, 4.69) is 5.32 Å². The standard InChI is InChI=1S/C10H18N2O4S/c1-17-7-8(10(14)15)11-9(13)6-12-2-4-16-5-3-12/h8H,2-7H2,1H3,(H,11,13)(H,14,15)/t8-/m0/s1. The van der Waals surface area contributed by atoms with Crippen LogP contribution in [-0.2, 0) is 14.3 Å². The second-order valence-corrected chi connectivity index (χ2v) is 4.71. The van der Waals surface area contributed by atoms with Gasteiger partial charge in [0.25, 0.3) is 0 Å². The first-order chi connectivity index (χ1) is 8.13. The predicted octanol–water partition coefficient (Wildman–Crippen LogP) is -0.749. The molecule has 0 aromatic heterocycles. The van der Waals surface area contributed by atoms with E-state index >= 15 is 0 Å². The van der Waals surface area contributed by atoms with E-state index in [9.17, 15) is 9.59 Å². The lowest BCUT2D eigenvalue weighted by Gasteiger charge is -2.26. The van der Waals surface area contributed by atoms with Gasteiger partial charge in [0.1, 0.15) is 6.04 Å². The predicted molar refractivity (Wildman–Crippen MR) is 65.2 cm³/mol. The van der Waals surface area contributed by atoms with Crippen molar-refractivity contribution in [2.75, 3.05) is 44.9 Å². The molecule has 1 aliphatic heterocycles. The number of aliphatic carboxylic acids is 1. The van der Waals surface area contributed by atoms with Gasteiger partial charge in [-0.05, 0) is 6.26 Å². The van der Waals surface area contributed by atoms with E-state index in [-0.39, 0.29) is 12.5 Å². The molecule has 1 heterocycles. The number of hydrogen-bond donors (Lipinski definition) is 2. The van der Waals surface area contributed by atoms with Gasteiger partial charge in [-0.3, -0.25) is 9.69 Å². The van der Waals surface area contributed by atoms with Crippen LogP contribution in [0.4, 0.5) is 0 Å². The van der Waals surface area contributed by atoms with Crippen molar-refractivity contribution in [2.24, 2.45) is 0 Å². The average molecular weight is 262 g/mol. The van der Waals surface area contributed by atoms with E-state index in [1.165, 1.54) is 11.8 Å². The normalized spacial score (nSPS) is 18.6. The maximum Gasteiger partial charge on any atom is 0.327 e. The number of rotatable bonds is 6. The molecular weight excluding hydrogens is 244 g/mol. The fraction of sp³-hybridized carbons (Fsp3) is 0.800. The van der Waals surface area contributed by atoms with Crippen molar-refractivity contribution < 1.29 is 19.4 Å². The summed E-state index contributed by atoms with van der Waals surface area (Å²) in [6.07, 6.45) is 1.81. The van der Waals surface area contributed by atoms with Crippen molar-refractivity contribution in [1.82, 2.24) is 10.2 Å². The summed E-state index contributed by atoms with van der Waals surface area (Å²) in [7, 11) is 0. The van der Waals surface area contributed by atoms with E-state index in [0.717, 1.165) is 0 Å². The number of carboxylic acids is 1. The molecule has 6 nitrogen and oxygen atoms in total. The maximum atomic E-state index is 11.6. The summed E-state index contributed by atoms with van der Waals surface area (Å²) in [5.74, 6) is -0.854. The average Bonchev–Trinajstić information content (AvgIpc) is 2.29. The molecule has 0 aromatic carbocycles. The molecule has 1 rings (SSSR count). The Kier molecular flexibility index (Phi) is 6.31. The summed E-state index contributed by atoms with van der Waals surface area (Å²) in [6.45, 7) is 2.92. The minimum absolute atomic E-state index is 0.238. The first-order valence-electron chi connectivity index (χ1n) is 5.44. The minimum Gasteiger partial charge on any atom is -0.480 e. The smallest absolute Gasteiger partial charge is 0.327 e. The van der Waals surface area contributed by atoms with Crippen molar-refractivity contribution in [1.29, 1.82) is 0 Å². The molecule has 0 aliphatic carbocycles. The van der Waals surface area contributed by atoms with Crippen LogP contribution in [0.25, 0.3) is 0 Å². The summed E-state index contributed by atoms with van der Waals surface area (Å²) in [5.41, 5.74) is 0. The van der Waals surface area contributed by atoms with Gasteiger partial charge in [-0.25, -0.2) is 4.79 Å². The molecule has 1 aliphatic rings. The Labute approximate surface area is 105 Å². The van der Waals surface area contributed by atoms with Crippen LogP contribution in [0.1, 0.15) is 0 Å². The topological polar surface area (TPSA) is 78.9 Å². The lowest BCUT2D eigenvalue weighted by Crippen LogP contribution is -2.48. The molecule has 0 unspecified atom stereocenters. The van der Waals surface area contributed by atoms with Gasteiger partial charge in [-0.1, -0.05) is 0 Å². The highest BCUT2D eigenvalue weighted by Gasteiger charge is 2.21. The zero-order chi connectivity index (χ0) is 12.7. The van der Waals surface area contributed by atoms with Crippen LogP contribution >= 0.6 is 11.8 Å². The molecule has 1 amide bonds. The SMILES string of the molecule is CSC[C@H](NC(=O)CN1CCOCC1)C(=O)O. The Morgan fingerprint density at radius 3 is 2.65 bits per heavy atom. The number of thioether (sulfide) groups is 1. The number of carbonyl (C=O) groups is 2. The Hall–Kier alpha value is -0.790. The van der Waals surface area contributed by atoms with Crippen LogP contribution < -0.4 is 5.32 Å². The second kappa shape index (κ2) is 7.52. The van der Waals surface area contributed by atoms with Crippen molar-refractivity contribution >= 4 is 23.6 Å². The number of hydrogen-bond acceptors (Lipinski definition) is 5. The van der Waals surface area contributed by atoms with Crippen LogP contribution in [0.5, 0.6) is 0 Å². The van der Waals surface area contributed by atoms with E-state index in [0.29, 0.717) is 32.1 Å².